The predicted molar refractivity (Wildman–Crippen MR) is 151 cm³/mol. The lowest BCUT2D eigenvalue weighted by molar-refractivity contribution is 0.305. The van der Waals surface area contributed by atoms with Crippen molar-refractivity contribution in [1.82, 2.24) is 10.3 Å². The number of halogens is 1. The molecule has 5 rings (SSSR count). The molecule has 200 valence electrons. The normalized spacial score (nSPS) is 11.5. The van der Waals surface area contributed by atoms with Crippen LogP contribution in [0.3, 0.4) is 0 Å². The van der Waals surface area contributed by atoms with Gasteiger partial charge in [0.25, 0.3) is 0 Å². The van der Waals surface area contributed by atoms with Crippen molar-refractivity contribution in [3.63, 3.8) is 0 Å². The molecule has 3 aromatic carbocycles. The highest BCUT2D eigenvalue weighted by Gasteiger charge is 2.09. The van der Waals surface area contributed by atoms with E-state index in [0.717, 1.165) is 39.2 Å². The SMILES string of the molecule is CS(=O)(=O)CCNCc1ccc(-c2ccc3c(Nc4ccc(OCc5cccc(F)c5)cc4)ccnc3c2)o1. The summed E-state index contributed by atoms with van der Waals surface area (Å²) in [7, 11) is -3.00. The molecular formula is C30H28FN3O4S. The van der Waals surface area contributed by atoms with Gasteiger partial charge in [0, 0.05) is 41.3 Å². The van der Waals surface area contributed by atoms with E-state index in [1.165, 1.54) is 18.4 Å². The second-order valence-corrected chi connectivity index (χ2v) is 11.5. The number of furan rings is 1. The third kappa shape index (κ3) is 7.22. The third-order valence-electron chi connectivity index (χ3n) is 6.07. The third-order valence-corrected chi connectivity index (χ3v) is 7.01. The van der Waals surface area contributed by atoms with E-state index in [-0.39, 0.29) is 11.6 Å². The van der Waals surface area contributed by atoms with Crippen molar-refractivity contribution in [2.75, 3.05) is 23.9 Å². The smallest absolute Gasteiger partial charge is 0.148 e. The number of benzene rings is 3. The van der Waals surface area contributed by atoms with Crippen LogP contribution in [0.1, 0.15) is 11.3 Å². The fourth-order valence-corrected chi connectivity index (χ4v) is 4.61. The molecule has 0 saturated heterocycles. The van der Waals surface area contributed by atoms with E-state index in [0.29, 0.717) is 31.2 Å². The van der Waals surface area contributed by atoms with Gasteiger partial charge in [-0.15, -0.1) is 0 Å². The van der Waals surface area contributed by atoms with Gasteiger partial charge in [0.05, 0.1) is 17.8 Å². The number of fused-ring (bicyclic) bond motifs is 1. The Hall–Kier alpha value is -4.21. The van der Waals surface area contributed by atoms with Crippen LogP contribution in [-0.2, 0) is 23.0 Å². The molecule has 0 aliphatic rings. The fourth-order valence-electron chi connectivity index (χ4n) is 4.09. The Bertz CT molecular complexity index is 1680. The fraction of sp³-hybridized carbons (Fsp3) is 0.167. The van der Waals surface area contributed by atoms with E-state index in [1.54, 1.807) is 12.3 Å². The van der Waals surface area contributed by atoms with Crippen molar-refractivity contribution in [3.8, 4) is 17.1 Å². The van der Waals surface area contributed by atoms with E-state index in [1.807, 2.05) is 66.7 Å². The Morgan fingerprint density at radius 2 is 1.82 bits per heavy atom. The van der Waals surface area contributed by atoms with E-state index >= 15 is 0 Å². The van der Waals surface area contributed by atoms with Crippen molar-refractivity contribution >= 4 is 32.1 Å². The van der Waals surface area contributed by atoms with Crippen LogP contribution in [0.5, 0.6) is 5.75 Å². The summed E-state index contributed by atoms with van der Waals surface area (Å²) in [5, 5.41) is 7.49. The number of anilines is 2. The molecule has 9 heteroatoms. The van der Waals surface area contributed by atoms with Gasteiger partial charge in [-0.25, -0.2) is 12.8 Å². The van der Waals surface area contributed by atoms with Gasteiger partial charge in [-0.05, 0) is 72.3 Å². The average molecular weight is 546 g/mol. The molecule has 0 aliphatic carbocycles. The molecule has 5 aromatic rings. The van der Waals surface area contributed by atoms with Crippen LogP contribution in [0.25, 0.3) is 22.2 Å². The number of hydrogen-bond acceptors (Lipinski definition) is 7. The molecule has 2 N–H and O–H groups in total. The summed E-state index contributed by atoms with van der Waals surface area (Å²) >= 11 is 0. The van der Waals surface area contributed by atoms with Crippen LogP contribution < -0.4 is 15.4 Å². The molecular weight excluding hydrogens is 517 g/mol. The van der Waals surface area contributed by atoms with Gasteiger partial charge < -0.3 is 19.8 Å². The minimum Gasteiger partial charge on any atom is -0.489 e. The highest BCUT2D eigenvalue weighted by molar-refractivity contribution is 7.90. The lowest BCUT2D eigenvalue weighted by Crippen LogP contribution is -2.21. The minimum absolute atomic E-state index is 0.0851. The maximum Gasteiger partial charge on any atom is 0.148 e. The Kier molecular flexibility index (Phi) is 7.90. The molecule has 0 amide bonds. The summed E-state index contributed by atoms with van der Waals surface area (Å²) in [6, 6.07) is 25.6. The maximum absolute atomic E-state index is 13.4. The number of aromatic nitrogens is 1. The Labute approximate surface area is 226 Å². The van der Waals surface area contributed by atoms with Gasteiger partial charge >= 0.3 is 0 Å². The summed E-state index contributed by atoms with van der Waals surface area (Å²) < 4.78 is 47.6. The van der Waals surface area contributed by atoms with Crippen molar-refractivity contribution < 1.29 is 22.0 Å². The zero-order chi connectivity index (χ0) is 27.2. The van der Waals surface area contributed by atoms with Crippen molar-refractivity contribution in [3.05, 3.63) is 108 Å². The van der Waals surface area contributed by atoms with Gasteiger partial charge in [-0.1, -0.05) is 18.2 Å². The largest absolute Gasteiger partial charge is 0.489 e. The second kappa shape index (κ2) is 11.7. The average Bonchev–Trinajstić information content (AvgIpc) is 3.39. The number of ether oxygens (including phenoxy) is 1. The molecule has 2 heterocycles. The molecule has 0 aliphatic heterocycles. The summed E-state index contributed by atoms with van der Waals surface area (Å²) in [5.41, 5.74) is 4.29. The van der Waals surface area contributed by atoms with Crippen LogP contribution in [0.2, 0.25) is 0 Å². The Morgan fingerprint density at radius 3 is 2.62 bits per heavy atom. The van der Waals surface area contributed by atoms with Crippen molar-refractivity contribution in [1.29, 1.82) is 0 Å². The van der Waals surface area contributed by atoms with Gasteiger partial charge in [-0.3, -0.25) is 4.98 Å². The quantitative estimate of drug-likeness (QED) is 0.194. The number of nitrogens with zero attached hydrogens (tertiary/aromatic N) is 1. The molecule has 0 unspecified atom stereocenters. The highest BCUT2D eigenvalue weighted by atomic mass is 32.2. The van der Waals surface area contributed by atoms with Crippen LogP contribution in [-0.4, -0.2) is 32.0 Å². The first-order valence-corrected chi connectivity index (χ1v) is 14.5. The standard InChI is InChI=1S/C30H28FN3O4S/c1-39(35,36)16-15-32-19-26-10-12-30(38-26)22-5-11-27-28(13-14-33-29(27)18-22)34-24-6-8-25(9-7-24)37-20-21-3-2-4-23(31)17-21/h2-14,17-18,32H,15-16,19-20H2,1H3,(H,33,34). The summed E-state index contributed by atoms with van der Waals surface area (Å²) in [5.74, 6) is 1.94. The minimum atomic E-state index is -3.00. The summed E-state index contributed by atoms with van der Waals surface area (Å²) in [4.78, 5) is 4.54. The summed E-state index contributed by atoms with van der Waals surface area (Å²) in [6.07, 6.45) is 2.97. The van der Waals surface area contributed by atoms with E-state index < -0.39 is 9.84 Å². The lowest BCUT2D eigenvalue weighted by Gasteiger charge is -2.11. The van der Waals surface area contributed by atoms with E-state index in [9.17, 15) is 12.8 Å². The number of sulfone groups is 1. The van der Waals surface area contributed by atoms with Crippen LogP contribution in [0.4, 0.5) is 15.8 Å². The number of rotatable bonds is 11. The monoisotopic (exact) mass is 545 g/mol. The maximum atomic E-state index is 13.4. The molecule has 39 heavy (non-hydrogen) atoms. The van der Waals surface area contributed by atoms with Gasteiger partial charge in [0.1, 0.15) is 39.5 Å². The molecule has 0 radical (unpaired) electrons. The van der Waals surface area contributed by atoms with Crippen molar-refractivity contribution in [2.45, 2.75) is 13.2 Å². The Balaban J connectivity index is 1.23. The second-order valence-electron chi connectivity index (χ2n) is 9.23. The number of nitrogens with one attached hydrogen (secondary N) is 2. The van der Waals surface area contributed by atoms with E-state index in [4.69, 9.17) is 9.15 Å². The molecule has 7 nitrogen and oxygen atoms in total. The van der Waals surface area contributed by atoms with Crippen molar-refractivity contribution in [2.24, 2.45) is 0 Å². The molecule has 0 atom stereocenters. The Morgan fingerprint density at radius 1 is 0.974 bits per heavy atom. The number of hydrogen-bond donors (Lipinski definition) is 2. The molecule has 0 saturated carbocycles. The zero-order valence-corrected chi connectivity index (χ0v) is 22.2. The van der Waals surface area contributed by atoms with Crippen LogP contribution in [0, 0.1) is 5.82 Å². The van der Waals surface area contributed by atoms with E-state index in [2.05, 4.69) is 15.6 Å². The van der Waals surface area contributed by atoms with Gasteiger partial charge in [0.15, 0.2) is 0 Å². The first-order valence-electron chi connectivity index (χ1n) is 12.4. The highest BCUT2D eigenvalue weighted by Crippen LogP contribution is 2.30. The molecule has 0 bridgehead atoms. The molecule has 0 spiro atoms. The van der Waals surface area contributed by atoms with Gasteiger partial charge in [-0.2, -0.15) is 0 Å². The zero-order valence-electron chi connectivity index (χ0n) is 21.4. The topological polar surface area (TPSA) is 93.5 Å². The lowest BCUT2D eigenvalue weighted by atomic mass is 10.1. The number of pyridine rings is 1. The molecule has 2 aromatic heterocycles. The van der Waals surface area contributed by atoms with Crippen LogP contribution >= 0.6 is 0 Å². The first kappa shape index (κ1) is 26.4. The van der Waals surface area contributed by atoms with Crippen LogP contribution in [0.15, 0.2) is 95.5 Å². The molecule has 0 fully saturated rings. The van der Waals surface area contributed by atoms with Gasteiger partial charge in [0.2, 0.25) is 0 Å². The predicted octanol–water partition coefficient (Wildman–Crippen LogP) is 6.09. The summed E-state index contributed by atoms with van der Waals surface area (Å²) in [6.45, 7) is 1.11. The first-order chi connectivity index (χ1) is 18.8.